The van der Waals surface area contributed by atoms with Gasteiger partial charge in [0.2, 0.25) is 5.91 Å². The number of amides is 2. The number of alkyl halides is 3. The van der Waals surface area contributed by atoms with Gasteiger partial charge in [-0.3, -0.25) is 14.9 Å². The van der Waals surface area contributed by atoms with Crippen molar-refractivity contribution in [2.24, 2.45) is 0 Å². The van der Waals surface area contributed by atoms with Crippen LogP contribution < -0.4 is 16.0 Å². The zero-order valence-electron chi connectivity index (χ0n) is 14.6. The number of carbonyl (C=O) groups excluding carboxylic acids is 2. The third-order valence-electron chi connectivity index (χ3n) is 4.21. The minimum absolute atomic E-state index is 0.0275. The average Bonchev–Trinajstić information content (AvgIpc) is 2.95. The highest BCUT2D eigenvalue weighted by Gasteiger charge is 2.31. The number of carbonyl (C=O) groups is 2. The van der Waals surface area contributed by atoms with Crippen LogP contribution >= 0.6 is 0 Å². The molecule has 2 amide bonds. The molecule has 27 heavy (non-hydrogen) atoms. The predicted molar refractivity (Wildman–Crippen MR) is 90.8 cm³/mol. The minimum Gasteiger partial charge on any atom is -0.322 e. The first-order valence-corrected chi connectivity index (χ1v) is 8.23. The van der Waals surface area contributed by atoms with Gasteiger partial charge in [-0.25, -0.2) is 4.68 Å². The van der Waals surface area contributed by atoms with Crippen LogP contribution in [-0.2, 0) is 11.0 Å². The molecule has 2 atom stereocenters. The summed E-state index contributed by atoms with van der Waals surface area (Å²) < 4.78 is 39.8. The van der Waals surface area contributed by atoms with Gasteiger partial charge in [0.1, 0.15) is 0 Å². The summed E-state index contributed by atoms with van der Waals surface area (Å²) >= 11 is 0. The smallest absolute Gasteiger partial charge is 0.322 e. The Morgan fingerprint density at radius 2 is 2.11 bits per heavy atom. The van der Waals surface area contributed by atoms with E-state index in [-0.39, 0.29) is 23.2 Å². The fourth-order valence-electron chi connectivity index (χ4n) is 2.87. The molecule has 2 heterocycles. The molecule has 0 radical (unpaired) electrons. The molecule has 1 aromatic heterocycles. The standard InChI is InChI=1S/C17H18F3N5O2/c1-9-6-14(26)24-16(22-9)25-10(2)13(8-21-25)15(27)23-12-5-3-4-11(7-12)17(18,19)20/h3-5,7-9,16,22H,6H2,1-2H3,(H,23,27)(H,24,26). The Morgan fingerprint density at radius 1 is 1.37 bits per heavy atom. The molecule has 7 nitrogen and oxygen atoms in total. The molecule has 2 unspecified atom stereocenters. The van der Waals surface area contributed by atoms with E-state index in [9.17, 15) is 22.8 Å². The summed E-state index contributed by atoms with van der Waals surface area (Å²) in [5, 5.41) is 12.4. The van der Waals surface area contributed by atoms with Gasteiger partial charge in [0.05, 0.1) is 23.0 Å². The van der Waals surface area contributed by atoms with E-state index in [2.05, 4.69) is 21.0 Å². The van der Waals surface area contributed by atoms with Crippen LogP contribution in [0, 0.1) is 6.92 Å². The maximum absolute atomic E-state index is 12.8. The van der Waals surface area contributed by atoms with Crippen molar-refractivity contribution in [3.05, 3.63) is 47.3 Å². The van der Waals surface area contributed by atoms with E-state index in [1.807, 2.05) is 6.92 Å². The highest BCUT2D eigenvalue weighted by atomic mass is 19.4. The van der Waals surface area contributed by atoms with Crippen molar-refractivity contribution >= 4 is 17.5 Å². The minimum atomic E-state index is -4.50. The SMILES string of the molecule is Cc1c(C(=O)Nc2cccc(C(F)(F)F)c2)cnn1C1NC(=O)CC(C)N1. The van der Waals surface area contributed by atoms with Crippen molar-refractivity contribution in [2.45, 2.75) is 38.8 Å². The number of anilines is 1. The zero-order valence-corrected chi connectivity index (χ0v) is 14.6. The molecule has 2 aromatic rings. The average molecular weight is 381 g/mol. The molecule has 144 valence electrons. The van der Waals surface area contributed by atoms with Gasteiger partial charge in [-0.05, 0) is 32.0 Å². The number of nitrogens with one attached hydrogen (secondary N) is 3. The maximum atomic E-state index is 12.8. The van der Waals surface area contributed by atoms with Crippen molar-refractivity contribution in [1.29, 1.82) is 0 Å². The van der Waals surface area contributed by atoms with Crippen LogP contribution in [0.15, 0.2) is 30.5 Å². The Labute approximate surface area is 152 Å². The van der Waals surface area contributed by atoms with Crippen LogP contribution in [0.25, 0.3) is 0 Å². The third kappa shape index (κ3) is 4.11. The number of halogens is 3. The Bertz CT molecular complexity index is 878. The molecule has 0 bridgehead atoms. The van der Waals surface area contributed by atoms with Gasteiger partial charge < -0.3 is 10.6 Å². The number of benzene rings is 1. The highest BCUT2D eigenvalue weighted by Crippen LogP contribution is 2.30. The molecule has 1 aliphatic rings. The number of hydrogen-bond acceptors (Lipinski definition) is 4. The summed E-state index contributed by atoms with van der Waals surface area (Å²) in [6.07, 6.45) is -3.45. The largest absolute Gasteiger partial charge is 0.416 e. The Balaban J connectivity index is 1.79. The first-order valence-electron chi connectivity index (χ1n) is 8.23. The summed E-state index contributed by atoms with van der Waals surface area (Å²) in [5.41, 5.74) is -0.163. The maximum Gasteiger partial charge on any atom is 0.416 e. The van der Waals surface area contributed by atoms with Crippen molar-refractivity contribution in [3.8, 4) is 0 Å². The fraction of sp³-hybridized carbons (Fsp3) is 0.353. The van der Waals surface area contributed by atoms with Crippen LogP contribution in [0.1, 0.15) is 41.2 Å². The van der Waals surface area contributed by atoms with Gasteiger partial charge in [0.25, 0.3) is 5.91 Å². The normalized spacial score (nSPS) is 20.3. The van der Waals surface area contributed by atoms with E-state index in [0.717, 1.165) is 12.1 Å². The van der Waals surface area contributed by atoms with Gasteiger partial charge in [-0.2, -0.15) is 18.3 Å². The summed E-state index contributed by atoms with van der Waals surface area (Å²) in [6, 6.07) is 4.32. The quantitative estimate of drug-likeness (QED) is 0.762. The van der Waals surface area contributed by atoms with Crippen molar-refractivity contribution in [1.82, 2.24) is 20.4 Å². The fourth-order valence-corrected chi connectivity index (χ4v) is 2.87. The first-order chi connectivity index (χ1) is 12.6. The highest BCUT2D eigenvalue weighted by molar-refractivity contribution is 6.04. The molecule has 1 aliphatic heterocycles. The Morgan fingerprint density at radius 3 is 2.78 bits per heavy atom. The van der Waals surface area contributed by atoms with Gasteiger partial charge in [-0.15, -0.1) is 0 Å². The van der Waals surface area contributed by atoms with Crippen LogP contribution in [0.4, 0.5) is 18.9 Å². The number of nitrogens with zero attached hydrogens (tertiary/aromatic N) is 2. The molecule has 1 fully saturated rings. The lowest BCUT2D eigenvalue weighted by molar-refractivity contribution is -0.137. The predicted octanol–water partition coefficient (Wildman–Crippen LogP) is 2.42. The van der Waals surface area contributed by atoms with E-state index < -0.39 is 23.9 Å². The second kappa shape index (κ2) is 7.03. The molecule has 1 saturated heterocycles. The molecule has 0 spiro atoms. The van der Waals surface area contributed by atoms with Crippen LogP contribution in [0.5, 0.6) is 0 Å². The number of hydrogen-bond donors (Lipinski definition) is 3. The first kappa shape index (κ1) is 18.9. The topological polar surface area (TPSA) is 88.1 Å². The lowest BCUT2D eigenvalue weighted by atomic mass is 10.1. The van der Waals surface area contributed by atoms with E-state index >= 15 is 0 Å². The van der Waals surface area contributed by atoms with E-state index in [1.54, 1.807) is 6.92 Å². The monoisotopic (exact) mass is 381 g/mol. The Kier molecular flexibility index (Phi) is 4.92. The summed E-state index contributed by atoms with van der Waals surface area (Å²) in [4.78, 5) is 24.2. The third-order valence-corrected chi connectivity index (χ3v) is 4.21. The van der Waals surface area contributed by atoms with Crippen molar-refractivity contribution in [2.75, 3.05) is 5.32 Å². The van der Waals surface area contributed by atoms with Gasteiger partial charge in [-0.1, -0.05) is 6.07 Å². The second-order valence-electron chi connectivity index (χ2n) is 6.36. The summed E-state index contributed by atoms with van der Waals surface area (Å²) in [5.74, 6) is -0.732. The lowest BCUT2D eigenvalue weighted by Gasteiger charge is -2.30. The van der Waals surface area contributed by atoms with Gasteiger partial charge in [0.15, 0.2) is 6.29 Å². The zero-order chi connectivity index (χ0) is 19.8. The molecule has 3 rings (SSSR count). The summed E-state index contributed by atoms with van der Waals surface area (Å²) in [7, 11) is 0. The second-order valence-corrected chi connectivity index (χ2v) is 6.36. The lowest BCUT2D eigenvalue weighted by Crippen LogP contribution is -2.52. The van der Waals surface area contributed by atoms with E-state index in [4.69, 9.17) is 0 Å². The molecular formula is C17H18F3N5O2. The van der Waals surface area contributed by atoms with Gasteiger partial charge in [0, 0.05) is 18.2 Å². The van der Waals surface area contributed by atoms with Crippen LogP contribution in [-0.4, -0.2) is 27.6 Å². The van der Waals surface area contributed by atoms with Crippen LogP contribution in [0.2, 0.25) is 0 Å². The van der Waals surface area contributed by atoms with Crippen molar-refractivity contribution < 1.29 is 22.8 Å². The van der Waals surface area contributed by atoms with E-state index in [0.29, 0.717) is 12.1 Å². The molecule has 10 heteroatoms. The molecule has 0 aliphatic carbocycles. The molecule has 0 saturated carbocycles. The molecular weight excluding hydrogens is 363 g/mol. The Hall–Kier alpha value is -2.88. The number of rotatable bonds is 3. The summed E-state index contributed by atoms with van der Waals surface area (Å²) in [6.45, 7) is 3.49. The molecule has 1 aromatic carbocycles. The molecule has 3 N–H and O–H groups in total. The number of aromatic nitrogens is 2. The van der Waals surface area contributed by atoms with Crippen molar-refractivity contribution in [3.63, 3.8) is 0 Å². The van der Waals surface area contributed by atoms with E-state index in [1.165, 1.54) is 23.0 Å². The van der Waals surface area contributed by atoms with Crippen LogP contribution in [0.3, 0.4) is 0 Å². The van der Waals surface area contributed by atoms with Gasteiger partial charge >= 0.3 is 6.18 Å².